The van der Waals surface area contributed by atoms with Crippen molar-refractivity contribution < 1.29 is 4.74 Å². The molecule has 0 amide bonds. The van der Waals surface area contributed by atoms with E-state index in [9.17, 15) is 0 Å². The third-order valence-electron chi connectivity index (χ3n) is 1.99. The molecule has 1 atom stereocenters. The summed E-state index contributed by atoms with van der Waals surface area (Å²) in [4.78, 5) is 0.505. The molecular weight excluding hydrogens is 194 g/mol. The monoisotopic (exact) mass is 209 g/mol. The van der Waals surface area contributed by atoms with E-state index in [1.54, 1.807) is 0 Å². The first-order valence-corrected chi connectivity index (χ1v) is 5.06. The van der Waals surface area contributed by atoms with E-state index in [1.165, 1.54) is 5.56 Å². The van der Waals surface area contributed by atoms with Gasteiger partial charge in [-0.05, 0) is 12.5 Å². The Balaban J connectivity index is 2.36. The quantitative estimate of drug-likeness (QED) is 0.756. The minimum Gasteiger partial charge on any atom is -0.393 e. The average molecular weight is 209 g/mol. The maximum absolute atomic E-state index is 5.57. The highest BCUT2D eigenvalue weighted by Crippen LogP contribution is 2.15. The second kappa shape index (κ2) is 5.73. The predicted octanol–water partition coefficient (Wildman–Crippen LogP) is 2.44. The SMILES string of the molecule is CC(OCCC(N)=S)c1ccccc1. The molecule has 0 aromatic heterocycles. The fraction of sp³-hybridized carbons (Fsp3) is 0.364. The van der Waals surface area contributed by atoms with Gasteiger partial charge in [-0.25, -0.2) is 0 Å². The molecule has 0 aliphatic carbocycles. The van der Waals surface area contributed by atoms with Crippen LogP contribution in [0.1, 0.15) is 25.0 Å². The van der Waals surface area contributed by atoms with Crippen LogP contribution in [0.15, 0.2) is 30.3 Å². The summed E-state index contributed by atoms with van der Waals surface area (Å²) in [7, 11) is 0. The molecule has 0 fully saturated rings. The van der Waals surface area contributed by atoms with Crippen LogP contribution in [0.3, 0.4) is 0 Å². The Morgan fingerprint density at radius 3 is 2.64 bits per heavy atom. The molecule has 1 aromatic carbocycles. The number of ether oxygens (including phenoxy) is 1. The van der Waals surface area contributed by atoms with Crippen LogP contribution < -0.4 is 5.73 Å². The van der Waals surface area contributed by atoms with Gasteiger partial charge in [0, 0.05) is 6.42 Å². The van der Waals surface area contributed by atoms with Gasteiger partial charge in [0.25, 0.3) is 0 Å². The summed E-state index contributed by atoms with van der Waals surface area (Å²) < 4.78 is 5.57. The van der Waals surface area contributed by atoms with Crippen molar-refractivity contribution in [1.29, 1.82) is 0 Å². The minimum absolute atomic E-state index is 0.102. The minimum atomic E-state index is 0.102. The second-order valence-corrected chi connectivity index (χ2v) is 3.66. The normalized spacial score (nSPS) is 12.4. The summed E-state index contributed by atoms with van der Waals surface area (Å²) in [5.74, 6) is 0. The Kier molecular flexibility index (Phi) is 4.56. The number of hydrogen-bond acceptors (Lipinski definition) is 2. The fourth-order valence-electron chi connectivity index (χ4n) is 1.16. The molecule has 2 N–H and O–H groups in total. The molecular formula is C11H15NOS. The molecule has 0 aliphatic heterocycles. The van der Waals surface area contributed by atoms with Crippen LogP contribution in [0.4, 0.5) is 0 Å². The molecule has 76 valence electrons. The third kappa shape index (κ3) is 3.85. The Labute approximate surface area is 90.1 Å². The van der Waals surface area contributed by atoms with Gasteiger partial charge in [0.05, 0.1) is 17.7 Å². The zero-order valence-corrected chi connectivity index (χ0v) is 9.09. The smallest absolute Gasteiger partial charge is 0.0796 e. The second-order valence-electron chi connectivity index (χ2n) is 3.14. The largest absolute Gasteiger partial charge is 0.393 e. The molecule has 1 rings (SSSR count). The molecule has 0 aliphatic rings. The Morgan fingerprint density at radius 1 is 1.43 bits per heavy atom. The molecule has 1 aromatic rings. The van der Waals surface area contributed by atoms with Gasteiger partial charge in [0.15, 0.2) is 0 Å². The Hall–Kier alpha value is -0.930. The molecule has 0 saturated carbocycles. The third-order valence-corrected chi connectivity index (χ3v) is 2.19. The van der Waals surface area contributed by atoms with Gasteiger partial charge in [0.1, 0.15) is 0 Å². The summed E-state index contributed by atoms with van der Waals surface area (Å²) in [6.45, 7) is 2.61. The van der Waals surface area contributed by atoms with Crippen molar-refractivity contribution in [2.24, 2.45) is 5.73 Å². The molecule has 1 unspecified atom stereocenters. The fourth-order valence-corrected chi connectivity index (χ4v) is 1.24. The van der Waals surface area contributed by atoms with Gasteiger partial charge in [-0.15, -0.1) is 0 Å². The zero-order valence-electron chi connectivity index (χ0n) is 8.27. The lowest BCUT2D eigenvalue weighted by molar-refractivity contribution is 0.0713. The van der Waals surface area contributed by atoms with E-state index in [1.807, 2.05) is 37.3 Å². The molecule has 0 saturated heterocycles. The Morgan fingerprint density at radius 2 is 2.07 bits per heavy atom. The van der Waals surface area contributed by atoms with Crippen molar-refractivity contribution in [2.45, 2.75) is 19.4 Å². The summed E-state index contributed by atoms with van der Waals surface area (Å²) in [5, 5.41) is 0. The molecule has 0 heterocycles. The van der Waals surface area contributed by atoms with Crippen molar-refractivity contribution >= 4 is 17.2 Å². The van der Waals surface area contributed by atoms with Crippen LogP contribution in [0, 0.1) is 0 Å². The summed E-state index contributed by atoms with van der Waals surface area (Å²) in [5.41, 5.74) is 6.55. The standard InChI is InChI=1S/C11H15NOS/c1-9(13-8-7-11(12)14)10-5-3-2-4-6-10/h2-6,9H,7-8H2,1H3,(H2,12,14). The van der Waals surface area contributed by atoms with E-state index in [0.29, 0.717) is 18.0 Å². The molecule has 0 spiro atoms. The van der Waals surface area contributed by atoms with Gasteiger partial charge < -0.3 is 10.5 Å². The first-order chi connectivity index (χ1) is 6.70. The lowest BCUT2D eigenvalue weighted by atomic mass is 10.1. The molecule has 3 heteroatoms. The zero-order chi connectivity index (χ0) is 10.4. The summed E-state index contributed by atoms with van der Waals surface area (Å²) in [6.07, 6.45) is 0.748. The van der Waals surface area contributed by atoms with Crippen LogP contribution in [0.25, 0.3) is 0 Å². The Bertz CT molecular complexity index is 287. The van der Waals surface area contributed by atoms with Crippen molar-refractivity contribution in [1.82, 2.24) is 0 Å². The van der Waals surface area contributed by atoms with Crippen LogP contribution in [-0.2, 0) is 4.74 Å². The summed E-state index contributed by atoms with van der Waals surface area (Å²) in [6, 6.07) is 10.1. The summed E-state index contributed by atoms with van der Waals surface area (Å²) >= 11 is 4.76. The average Bonchev–Trinajstić information content (AvgIpc) is 2.18. The maximum atomic E-state index is 5.57. The van der Waals surface area contributed by atoms with Crippen molar-refractivity contribution in [2.75, 3.05) is 6.61 Å². The maximum Gasteiger partial charge on any atom is 0.0796 e. The van der Waals surface area contributed by atoms with Gasteiger partial charge in [0.2, 0.25) is 0 Å². The first kappa shape index (κ1) is 11.1. The highest BCUT2D eigenvalue weighted by Gasteiger charge is 2.04. The first-order valence-electron chi connectivity index (χ1n) is 4.65. The van der Waals surface area contributed by atoms with Crippen molar-refractivity contribution in [3.63, 3.8) is 0 Å². The number of thiocarbonyl (C=S) groups is 1. The number of benzene rings is 1. The van der Waals surface area contributed by atoms with Gasteiger partial charge >= 0.3 is 0 Å². The van der Waals surface area contributed by atoms with Crippen LogP contribution in [0.2, 0.25) is 0 Å². The lowest BCUT2D eigenvalue weighted by Crippen LogP contribution is -2.12. The number of nitrogens with two attached hydrogens (primary N) is 1. The van der Waals surface area contributed by atoms with Gasteiger partial charge in [-0.2, -0.15) is 0 Å². The number of hydrogen-bond donors (Lipinski definition) is 1. The predicted molar refractivity (Wildman–Crippen MR) is 62.2 cm³/mol. The highest BCUT2D eigenvalue weighted by atomic mass is 32.1. The molecule has 0 bridgehead atoms. The van der Waals surface area contributed by atoms with Crippen LogP contribution in [0.5, 0.6) is 0 Å². The van der Waals surface area contributed by atoms with Crippen LogP contribution >= 0.6 is 12.2 Å². The van der Waals surface area contributed by atoms with Crippen LogP contribution in [-0.4, -0.2) is 11.6 Å². The molecule has 0 radical (unpaired) electrons. The van der Waals surface area contributed by atoms with E-state index in [0.717, 1.165) is 0 Å². The van der Waals surface area contributed by atoms with E-state index in [4.69, 9.17) is 22.7 Å². The highest BCUT2D eigenvalue weighted by molar-refractivity contribution is 7.80. The van der Waals surface area contributed by atoms with E-state index >= 15 is 0 Å². The van der Waals surface area contributed by atoms with E-state index in [2.05, 4.69) is 0 Å². The van der Waals surface area contributed by atoms with Crippen molar-refractivity contribution in [3.8, 4) is 0 Å². The van der Waals surface area contributed by atoms with Crippen molar-refractivity contribution in [3.05, 3.63) is 35.9 Å². The van der Waals surface area contributed by atoms with E-state index in [-0.39, 0.29) is 6.10 Å². The molecule has 2 nitrogen and oxygen atoms in total. The van der Waals surface area contributed by atoms with E-state index < -0.39 is 0 Å². The topological polar surface area (TPSA) is 35.2 Å². The number of rotatable bonds is 5. The van der Waals surface area contributed by atoms with Gasteiger partial charge in [-0.1, -0.05) is 42.5 Å². The molecule has 14 heavy (non-hydrogen) atoms. The lowest BCUT2D eigenvalue weighted by Gasteiger charge is -2.12. The van der Waals surface area contributed by atoms with Gasteiger partial charge in [-0.3, -0.25) is 0 Å².